The number of fused-ring (bicyclic) bond motifs is 1. The zero-order valence-electron chi connectivity index (χ0n) is 16.3. The molecule has 0 bridgehead atoms. The number of nitrogens with one attached hydrogen (secondary N) is 1. The number of nitrogens with two attached hydrogens (primary N) is 1. The second-order valence-corrected chi connectivity index (χ2v) is 7.06. The lowest BCUT2D eigenvalue weighted by Crippen LogP contribution is -2.45. The van der Waals surface area contributed by atoms with E-state index < -0.39 is 48.5 Å². The molecule has 166 valence electrons. The number of primary amides is 1. The van der Waals surface area contributed by atoms with E-state index in [1.165, 1.54) is 42.5 Å². The average molecular weight is 463 g/mol. The molecule has 3 rings (SSSR count). The highest BCUT2D eigenvalue weighted by Crippen LogP contribution is 2.35. The van der Waals surface area contributed by atoms with Crippen LogP contribution < -0.4 is 20.5 Å². The van der Waals surface area contributed by atoms with Crippen molar-refractivity contribution in [1.82, 2.24) is 5.32 Å². The standard InChI is InChI=1S/C21H16ClFN2O7/c22-13-2-1-3-14(23)12(13)7-17-20(28)11-5-4-10(6-16(11)32-17)31-9-19(27)25-15(21(29)30)8-18(24)26/h1-7,15H,8-9H2,(H2,24,26)(H,25,27)(H,29,30). The molecule has 0 radical (unpaired) electrons. The predicted molar refractivity (Wildman–Crippen MR) is 110 cm³/mol. The number of carboxylic acids is 1. The first kappa shape index (κ1) is 22.8. The molecule has 2 aromatic carbocycles. The van der Waals surface area contributed by atoms with Crippen LogP contribution in [0.4, 0.5) is 4.39 Å². The molecule has 32 heavy (non-hydrogen) atoms. The summed E-state index contributed by atoms with van der Waals surface area (Å²) in [4.78, 5) is 46.4. The summed E-state index contributed by atoms with van der Waals surface area (Å²) in [5.41, 5.74) is 5.16. The van der Waals surface area contributed by atoms with Gasteiger partial charge in [0.15, 0.2) is 12.4 Å². The van der Waals surface area contributed by atoms with Crippen LogP contribution in [-0.4, -0.2) is 41.3 Å². The number of amides is 2. The van der Waals surface area contributed by atoms with Gasteiger partial charge in [-0.3, -0.25) is 14.4 Å². The first-order valence-electron chi connectivity index (χ1n) is 9.11. The Balaban J connectivity index is 1.68. The fraction of sp³-hybridized carbons (Fsp3) is 0.143. The molecule has 0 aliphatic carbocycles. The van der Waals surface area contributed by atoms with Crippen LogP contribution in [0.1, 0.15) is 22.3 Å². The fourth-order valence-electron chi connectivity index (χ4n) is 2.82. The number of aliphatic carboxylic acids is 1. The maximum atomic E-state index is 14.0. The second-order valence-electron chi connectivity index (χ2n) is 6.65. The van der Waals surface area contributed by atoms with Crippen LogP contribution in [0.2, 0.25) is 5.02 Å². The number of allylic oxidation sites excluding steroid dienone is 1. The Kier molecular flexibility index (Phi) is 6.74. The minimum Gasteiger partial charge on any atom is -0.484 e. The molecule has 0 spiro atoms. The number of ketones is 1. The first-order valence-corrected chi connectivity index (χ1v) is 9.49. The van der Waals surface area contributed by atoms with Crippen molar-refractivity contribution < 1.29 is 38.1 Å². The fourth-order valence-corrected chi connectivity index (χ4v) is 3.04. The van der Waals surface area contributed by atoms with Gasteiger partial charge in [-0.1, -0.05) is 17.7 Å². The molecule has 0 saturated heterocycles. The summed E-state index contributed by atoms with van der Waals surface area (Å²) < 4.78 is 24.8. The monoisotopic (exact) mass is 462 g/mol. The maximum absolute atomic E-state index is 14.0. The van der Waals surface area contributed by atoms with Crippen molar-refractivity contribution in [2.75, 3.05) is 6.61 Å². The van der Waals surface area contributed by atoms with Gasteiger partial charge in [0, 0.05) is 11.6 Å². The van der Waals surface area contributed by atoms with Gasteiger partial charge in [-0.15, -0.1) is 0 Å². The lowest BCUT2D eigenvalue weighted by molar-refractivity contribution is -0.143. The van der Waals surface area contributed by atoms with Crippen LogP contribution in [0.3, 0.4) is 0 Å². The van der Waals surface area contributed by atoms with Crippen molar-refractivity contribution in [2.45, 2.75) is 12.5 Å². The number of benzene rings is 2. The van der Waals surface area contributed by atoms with Crippen molar-refractivity contribution >= 4 is 41.2 Å². The van der Waals surface area contributed by atoms with E-state index in [0.717, 1.165) is 0 Å². The molecule has 9 nitrogen and oxygen atoms in total. The average Bonchev–Trinajstić information content (AvgIpc) is 3.03. The number of rotatable bonds is 8. The van der Waals surface area contributed by atoms with Crippen LogP contribution in [-0.2, 0) is 14.4 Å². The lowest BCUT2D eigenvalue weighted by atomic mass is 10.1. The molecule has 0 saturated carbocycles. The molecule has 11 heteroatoms. The first-order chi connectivity index (χ1) is 15.2. The molecule has 1 atom stereocenters. The second kappa shape index (κ2) is 9.48. The maximum Gasteiger partial charge on any atom is 0.326 e. The van der Waals surface area contributed by atoms with E-state index in [4.69, 9.17) is 31.9 Å². The summed E-state index contributed by atoms with van der Waals surface area (Å²) in [6.07, 6.45) is 0.621. The van der Waals surface area contributed by atoms with E-state index in [1.54, 1.807) is 0 Å². The number of hydrogen-bond acceptors (Lipinski definition) is 6. The number of carbonyl (C=O) groups is 4. The van der Waals surface area contributed by atoms with E-state index in [-0.39, 0.29) is 33.4 Å². The third-order valence-corrected chi connectivity index (χ3v) is 4.65. The molecular weight excluding hydrogens is 447 g/mol. The molecule has 4 N–H and O–H groups in total. The predicted octanol–water partition coefficient (Wildman–Crippen LogP) is 1.92. The Labute approximate surface area is 185 Å². The van der Waals surface area contributed by atoms with E-state index in [0.29, 0.717) is 0 Å². The highest BCUT2D eigenvalue weighted by atomic mass is 35.5. The largest absolute Gasteiger partial charge is 0.484 e. The number of ether oxygens (including phenoxy) is 2. The smallest absolute Gasteiger partial charge is 0.326 e. The minimum absolute atomic E-state index is 0.00223. The number of Topliss-reactive ketones (excluding diaryl/α,β-unsaturated/α-hetero) is 1. The van der Waals surface area contributed by atoms with Gasteiger partial charge >= 0.3 is 5.97 Å². The van der Waals surface area contributed by atoms with Crippen LogP contribution in [0, 0.1) is 5.82 Å². The Bertz CT molecular complexity index is 1130. The van der Waals surface area contributed by atoms with Gasteiger partial charge in [0.25, 0.3) is 5.91 Å². The van der Waals surface area contributed by atoms with Gasteiger partial charge in [-0.25, -0.2) is 9.18 Å². The van der Waals surface area contributed by atoms with Crippen LogP contribution in [0.15, 0.2) is 42.2 Å². The summed E-state index contributed by atoms with van der Waals surface area (Å²) in [6.45, 7) is -0.567. The minimum atomic E-state index is -1.48. The third kappa shape index (κ3) is 5.22. The summed E-state index contributed by atoms with van der Waals surface area (Å²) in [7, 11) is 0. The molecule has 0 aromatic heterocycles. The van der Waals surface area contributed by atoms with E-state index in [2.05, 4.69) is 5.32 Å². The van der Waals surface area contributed by atoms with Crippen molar-refractivity contribution in [1.29, 1.82) is 0 Å². The summed E-state index contributed by atoms with van der Waals surface area (Å²) >= 11 is 5.97. The quantitative estimate of drug-likeness (QED) is 0.508. The number of carboxylic acid groups (broad SMARTS) is 1. The van der Waals surface area contributed by atoms with Gasteiger partial charge in [0.1, 0.15) is 23.4 Å². The Morgan fingerprint density at radius 3 is 2.69 bits per heavy atom. The number of hydrogen-bond donors (Lipinski definition) is 3. The highest BCUT2D eigenvalue weighted by molar-refractivity contribution is 6.32. The Hall–Kier alpha value is -3.92. The van der Waals surface area contributed by atoms with Crippen molar-refractivity contribution in [3.63, 3.8) is 0 Å². The molecule has 0 fully saturated rings. The number of halogens is 2. The van der Waals surface area contributed by atoms with E-state index >= 15 is 0 Å². The SMILES string of the molecule is NC(=O)CC(NC(=O)COc1ccc2c(c1)OC(=Cc1c(F)cccc1Cl)C2=O)C(=O)O. The van der Waals surface area contributed by atoms with Gasteiger partial charge in [-0.05, 0) is 30.3 Å². The topological polar surface area (TPSA) is 145 Å². The van der Waals surface area contributed by atoms with Gasteiger partial charge in [-0.2, -0.15) is 0 Å². The molecular formula is C21H16ClFN2O7. The summed E-state index contributed by atoms with van der Waals surface area (Å²) in [6, 6.07) is 6.77. The summed E-state index contributed by atoms with van der Waals surface area (Å²) in [5, 5.41) is 11.2. The van der Waals surface area contributed by atoms with Crippen molar-refractivity contribution in [3.05, 3.63) is 64.1 Å². The van der Waals surface area contributed by atoms with Gasteiger partial charge in [0.2, 0.25) is 11.7 Å². The van der Waals surface area contributed by atoms with Gasteiger partial charge in [0.05, 0.1) is 17.0 Å². The molecule has 1 heterocycles. The van der Waals surface area contributed by atoms with Crippen molar-refractivity contribution in [2.24, 2.45) is 5.73 Å². The van der Waals surface area contributed by atoms with Crippen LogP contribution >= 0.6 is 11.6 Å². The van der Waals surface area contributed by atoms with Crippen molar-refractivity contribution in [3.8, 4) is 11.5 Å². The summed E-state index contributed by atoms with van der Waals surface area (Å²) in [5.74, 6) is -4.08. The third-order valence-electron chi connectivity index (χ3n) is 4.33. The van der Waals surface area contributed by atoms with Crippen LogP contribution in [0.5, 0.6) is 11.5 Å². The Morgan fingerprint density at radius 2 is 2.03 bits per heavy atom. The number of carbonyl (C=O) groups excluding carboxylic acids is 3. The lowest BCUT2D eigenvalue weighted by Gasteiger charge is -2.13. The Morgan fingerprint density at radius 1 is 1.28 bits per heavy atom. The molecule has 2 aromatic rings. The molecule has 1 aliphatic heterocycles. The normalized spacial score (nSPS) is 14.4. The van der Waals surface area contributed by atoms with E-state index in [1.807, 2.05) is 0 Å². The van der Waals surface area contributed by atoms with E-state index in [9.17, 15) is 23.6 Å². The van der Waals surface area contributed by atoms with Gasteiger partial charge < -0.3 is 25.6 Å². The van der Waals surface area contributed by atoms with Crippen LogP contribution in [0.25, 0.3) is 6.08 Å². The molecule has 2 amide bonds. The zero-order chi connectivity index (χ0) is 23.4. The zero-order valence-corrected chi connectivity index (χ0v) is 17.0. The molecule has 1 aliphatic rings. The highest BCUT2D eigenvalue weighted by Gasteiger charge is 2.28. The molecule has 1 unspecified atom stereocenters.